The Kier molecular flexibility index (Phi) is 11.5. The molecule has 1 unspecified atom stereocenters. The van der Waals surface area contributed by atoms with E-state index in [-0.39, 0.29) is 0 Å². The molecule has 0 aromatic rings. The van der Waals surface area contributed by atoms with Gasteiger partial charge in [0, 0.05) is 0 Å². The van der Waals surface area contributed by atoms with Crippen molar-refractivity contribution in [3.05, 3.63) is 0 Å². The molecule has 0 bridgehead atoms. The lowest BCUT2D eigenvalue weighted by Crippen LogP contribution is -2.08. The molecule has 0 saturated heterocycles. The molecule has 1 aliphatic carbocycles. The minimum Gasteiger partial charge on any atom is -0.0654 e. The third kappa shape index (κ3) is 8.32. The largest absolute Gasteiger partial charge is 0.0654 e. The molecule has 120 valence electrons. The molecule has 2 atom stereocenters. The minimum atomic E-state index is 1.10. The molecule has 1 saturated carbocycles. The average Bonchev–Trinajstić information content (AvgIpc) is 2.90. The lowest BCUT2D eigenvalue weighted by Gasteiger charge is -2.19. The summed E-state index contributed by atoms with van der Waals surface area (Å²) in [7, 11) is 0. The number of hydrogen-bond acceptors (Lipinski definition) is 0. The van der Waals surface area contributed by atoms with Gasteiger partial charge < -0.3 is 0 Å². The summed E-state index contributed by atoms with van der Waals surface area (Å²) in [5.41, 5.74) is 0. The fourth-order valence-corrected chi connectivity index (χ4v) is 4.07. The highest BCUT2D eigenvalue weighted by Gasteiger charge is 2.25. The van der Waals surface area contributed by atoms with Crippen LogP contribution < -0.4 is 0 Å². The predicted octanol–water partition coefficient (Wildman–Crippen LogP) is 7.51. The van der Waals surface area contributed by atoms with Crippen molar-refractivity contribution < 1.29 is 0 Å². The number of unbranched alkanes of at least 4 members (excludes halogenated alkanes) is 9. The van der Waals surface area contributed by atoms with Gasteiger partial charge in [-0.3, -0.25) is 0 Å². The van der Waals surface area contributed by atoms with E-state index < -0.39 is 0 Å². The first-order valence-electron chi connectivity index (χ1n) is 9.88. The molecule has 0 heteroatoms. The average molecular weight is 281 g/mol. The maximum absolute atomic E-state index is 2.31. The van der Waals surface area contributed by atoms with Gasteiger partial charge in [-0.1, -0.05) is 117 Å². The summed E-state index contributed by atoms with van der Waals surface area (Å²) in [6.07, 6.45) is 23.8. The first kappa shape index (κ1) is 18.1. The van der Waals surface area contributed by atoms with E-state index in [4.69, 9.17) is 0 Å². The number of rotatable bonds is 13. The fourth-order valence-electron chi connectivity index (χ4n) is 4.07. The number of hydrogen-bond donors (Lipinski definition) is 0. The lowest BCUT2D eigenvalue weighted by molar-refractivity contribution is 0.322. The SMILES string of the molecule is CCCCCCCCC1CCC[C@@H]1CCCCCCC. The van der Waals surface area contributed by atoms with Crippen LogP contribution in [-0.2, 0) is 0 Å². The van der Waals surface area contributed by atoms with Crippen LogP contribution in [0, 0.1) is 11.8 Å². The quantitative estimate of drug-likeness (QED) is 0.306. The molecule has 0 aromatic heterocycles. The summed E-state index contributed by atoms with van der Waals surface area (Å²) < 4.78 is 0. The van der Waals surface area contributed by atoms with E-state index in [1.165, 1.54) is 77.0 Å². The third-order valence-corrected chi connectivity index (χ3v) is 5.42. The zero-order valence-electron chi connectivity index (χ0n) is 14.5. The van der Waals surface area contributed by atoms with Gasteiger partial charge in [-0.25, -0.2) is 0 Å². The predicted molar refractivity (Wildman–Crippen MR) is 92.2 cm³/mol. The van der Waals surface area contributed by atoms with Crippen LogP contribution in [0.1, 0.15) is 117 Å². The van der Waals surface area contributed by atoms with Crippen molar-refractivity contribution in [2.45, 2.75) is 117 Å². The topological polar surface area (TPSA) is 0 Å². The van der Waals surface area contributed by atoms with E-state index >= 15 is 0 Å². The van der Waals surface area contributed by atoms with Gasteiger partial charge in [-0.15, -0.1) is 0 Å². The second-order valence-electron chi connectivity index (χ2n) is 7.21. The summed E-state index contributed by atoms with van der Waals surface area (Å²) in [4.78, 5) is 0. The molecule has 0 aliphatic heterocycles. The van der Waals surface area contributed by atoms with E-state index in [0.717, 1.165) is 11.8 Å². The van der Waals surface area contributed by atoms with Crippen LogP contribution >= 0.6 is 0 Å². The summed E-state index contributed by atoms with van der Waals surface area (Å²) in [5.74, 6) is 2.21. The summed E-state index contributed by atoms with van der Waals surface area (Å²) >= 11 is 0. The lowest BCUT2D eigenvalue weighted by atomic mass is 9.86. The van der Waals surface area contributed by atoms with Gasteiger partial charge in [0.25, 0.3) is 0 Å². The standard InChI is InChI=1S/C20H40/c1-3-5-7-9-11-13-16-20-18-14-17-19(20)15-12-10-8-6-4-2/h19-20H,3-18H2,1-2H3/t19-,20?/m0/s1. The van der Waals surface area contributed by atoms with E-state index in [9.17, 15) is 0 Å². The molecular formula is C20H40. The van der Waals surface area contributed by atoms with Gasteiger partial charge in [0.05, 0.1) is 0 Å². The molecule has 0 aromatic carbocycles. The smallest absolute Gasteiger partial charge is 0.0386 e. The molecule has 20 heavy (non-hydrogen) atoms. The molecule has 0 heterocycles. The van der Waals surface area contributed by atoms with Crippen LogP contribution in [0.2, 0.25) is 0 Å². The van der Waals surface area contributed by atoms with E-state index in [1.807, 2.05) is 0 Å². The summed E-state index contributed by atoms with van der Waals surface area (Å²) in [6.45, 7) is 4.62. The second-order valence-corrected chi connectivity index (χ2v) is 7.21. The second kappa shape index (κ2) is 12.7. The van der Waals surface area contributed by atoms with Gasteiger partial charge in [-0.05, 0) is 11.8 Å². The van der Waals surface area contributed by atoms with Crippen molar-refractivity contribution in [1.82, 2.24) is 0 Å². The highest BCUT2D eigenvalue weighted by molar-refractivity contribution is 4.77. The Balaban J connectivity index is 1.99. The first-order valence-corrected chi connectivity index (χ1v) is 9.88. The van der Waals surface area contributed by atoms with Crippen LogP contribution in [0.3, 0.4) is 0 Å². The maximum atomic E-state index is 2.31. The van der Waals surface area contributed by atoms with Gasteiger partial charge in [0.2, 0.25) is 0 Å². The maximum Gasteiger partial charge on any atom is -0.0386 e. The van der Waals surface area contributed by atoms with Crippen molar-refractivity contribution >= 4 is 0 Å². The summed E-state index contributed by atoms with van der Waals surface area (Å²) in [6, 6.07) is 0. The molecule has 0 N–H and O–H groups in total. The Bertz CT molecular complexity index is 196. The Hall–Kier alpha value is 0. The van der Waals surface area contributed by atoms with Crippen LogP contribution in [0.15, 0.2) is 0 Å². The van der Waals surface area contributed by atoms with Crippen LogP contribution in [0.4, 0.5) is 0 Å². The monoisotopic (exact) mass is 280 g/mol. The van der Waals surface area contributed by atoms with Gasteiger partial charge in [-0.2, -0.15) is 0 Å². The van der Waals surface area contributed by atoms with Crippen molar-refractivity contribution in [3.8, 4) is 0 Å². The van der Waals surface area contributed by atoms with Crippen molar-refractivity contribution in [3.63, 3.8) is 0 Å². The van der Waals surface area contributed by atoms with Crippen LogP contribution in [0.25, 0.3) is 0 Å². The van der Waals surface area contributed by atoms with Gasteiger partial charge in [0.15, 0.2) is 0 Å². The Morgan fingerprint density at radius 3 is 1.40 bits per heavy atom. The zero-order valence-corrected chi connectivity index (χ0v) is 14.5. The molecule has 1 aliphatic rings. The Labute approximate surface area is 129 Å². The molecule has 1 rings (SSSR count). The molecule has 0 nitrogen and oxygen atoms in total. The molecular weight excluding hydrogens is 240 g/mol. The van der Waals surface area contributed by atoms with Crippen molar-refractivity contribution in [1.29, 1.82) is 0 Å². The van der Waals surface area contributed by atoms with Gasteiger partial charge >= 0.3 is 0 Å². The highest BCUT2D eigenvalue weighted by Crippen LogP contribution is 2.38. The van der Waals surface area contributed by atoms with Crippen molar-refractivity contribution in [2.24, 2.45) is 11.8 Å². The summed E-state index contributed by atoms with van der Waals surface area (Å²) in [5, 5.41) is 0. The molecule has 0 amide bonds. The Morgan fingerprint density at radius 2 is 0.950 bits per heavy atom. The van der Waals surface area contributed by atoms with E-state index in [0.29, 0.717) is 0 Å². The highest BCUT2D eigenvalue weighted by atomic mass is 14.3. The van der Waals surface area contributed by atoms with Crippen LogP contribution in [0.5, 0.6) is 0 Å². The van der Waals surface area contributed by atoms with E-state index in [2.05, 4.69) is 13.8 Å². The normalized spacial score (nSPS) is 22.5. The zero-order chi connectivity index (χ0) is 14.5. The van der Waals surface area contributed by atoms with E-state index in [1.54, 1.807) is 25.7 Å². The third-order valence-electron chi connectivity index (χ3n) is 5.42. The van der Waals surface area contributed by atoms with Crippen molar-refractivity contribution in [2.75, 3.05) is 0 Å². The Morgan fingerprint density at radius 1 is 0.550 bits per heavy atom. The molecule has 1 fully saturated rings. The fraction of sp³-hybridized carbons (Fsp3) is 1.00. The molecule has 0 radical (unpaired) electrons. The molecule has 0 spiro atoms. The minimum absolute atomic E-state index is 1.10. The van der Waals surface area contributed by atoms with Gasteiger partial charge in [0.1, 0.15) is 0 Å². The first-order chi connectivity index (χ1) is 9.88. The van der Waals surface area contributed by atoms with Crippen LogP contribution in [-0.4, -0.2) is 0 Å².